The summed E-state index contributed by atoms with van der Waals surface area (Å²) >= 11 is 6.28. The Balaban J connectivity index is 1.80. The molecule has 4 aromatic carbocycles. The average molecular weight is 634 g/mol. The number of carbonyl (C=O) groups excluding carboxylic acids is 2. The summed E-state index contributed by atoms with van der Waals surface area (Å²) in [6.45, 7) is 3.17. The number of methoxy groups -OCH3 is 1. The first-order valence-corrected chi connectivity index (χ1v) is 16.0. The monoisotopic (exact) mass is 633 g/mol. The number of anilines is 1. The normalized spacial score (nSPS) is 11.9. The van der Waals surface area contributed by atoms with Gasteiger partial charge in [0.05, 0.1) is 17.7 Å². The largest absolute Gasteiger partial charge is 0.497 e. The zero-order valence-corrected chi connectivity index (χ0v) is 26.5. The molecule has 0 radical (unpaired) electrons. The first kappa shape index (κ1) is 32.6. The standard InChI is InChI=1S/C34H36ClN3O5S/c1-25(2)36-34(40)32(22-26-11-6-4-7-12-26)37(23-27-13-10-14-28(35)21-27)33(39)24-38(29-17-19-30(43-3)20-18-29)44(41,42)31-15-8-5-9-16-31/h4-21,25,32H,22-24H2,1-3H3,(H,36,40)/t32-/m0/s1. The molecule has 44 heavy (non-hydrogen) atoms. The molecule has 0 bridgehead atoms. The molecule has 0 aliphatic rings. The smallest absolute Gasteiger partial charge is 0.264 e. The second kappa shape index (κ2) is 14.9. The Bertz CT molecular complexity index is 1650. The second-order valence-corrected chi connectivity index (χ2v) is 12.8. The molecule has 1 N–H and O–H groups in total. The molecule has 0 saturated heterocycles. The van der Waals surface area contributed by atoms with Crippen LogP contribution in [-0.4, -0.2) is 50.9 Å². The second-order valence-electron chi connectivity index (χ2n) is 10.5. The van der Waals surface area contributed by atoms with Gasteiger partial charge in [0.1, 0.15) is 18.3 Å². The molecule has 4 rings (SSSR count). The number of amides is 2. The topological polar surface area (TPSA) is 96.0 Å². The molecule has 1 atom stereocenters. The Hall–Kier alpha value is -4.34. The third kappa shape index (κ3) is 8.39. The van der Waals surface area contributed by atoms with Gasteiger partial charge in [-0.1, -0.05) is 72.3 Å². The van der Waals surface area contributed by atoms with Crippen LogP contribution >= 0.6 is 11.6 Å². The molecular weight excluding hydrogens is 598 g/mol. The lowest BCUT2D eigenvalue weighted by Gasteiger charge is -2.34. The summed E-state index contributed by atoms with van der Waals surface area (Å²) in [6.07, 6.45) is 0.222. The van der Waals surface area contributed by atoms with E-state index in [1.54, 1.807) is 60.7 Å². The molecule has 0 heterocycles. The van der Waals surface area contributed by atoms with E-state index in [0.717, 1.165) is 9.87 Å². The van der Waals surface area contributed by atoms with Gasteiger partial charge in [-0.05, 0) is 73.5 Å². The van der Waals surface area contributed by atoms with E-state index in [1.807, 2.05) is 50.2 Å². The predicted molar refractivity (Wildman–Crippen MR) is 173 cm³/mol. The number of benzene rings is 4. The minimum atomic E-state index is -4.18. The fraction of sp³-hybridized carbons (Fsp3) is 0.235. The van der Waals surface area contributed by atoms with E-state index in [-0.39, 0.29) is 35.5 Å². The van der Waals surface area contributed by atoms with Crippen molar-refractivity contribution in [3.05, 3.63) is 125 Å². The van der Waals surface area contributed by atoms with Crippen molar-refractivity contribution in [1.29, 1.82) is 0 Å². The molecule has 10 heteroatoms. The van der Waals surface area contributed by atoms with Crippen molar-refractivity contribution in [3.63, 3.8) is 0 Å². The molecule has 0 spiro atoms. The quantitative estimate of drug-likeness (QED) is 0.204. The summed E-state index contributed by atoms with van der Waals surface area (Å²) in [5.41, 5.74) is 1.82. The Kier molecular flexibility index (Phi) is 11.0. The van der Waals surface area contributed by atoms with Gasteiger partial charge in [0.25, 0.3) is 10.0 Å². The predicted octanol–water partition coefficient (Wildman–Crippen LogP) is 5.71. The summed E-state index contributed by atoms with van der Waals surface area (Å²) in [5, 5.41) is 3.42. The van der Waals surface area contributed by atoms with E-state index in [9.17, 15) is 18.0 Å². The van der Waals surface area contributed by atoms with Gasteiger partial charge < -0.3 is 15.0 Å². The number of nitrogens with one attached hydrogen (secondary N) is 1. The average Bonchev–Trinajstić information content (AvgIpc) is 3.02. The fourth-order valence-electron chi connectivity index (χ4n) is 4.76. The zero-order chi connectivity index (χ0) is 31.7. The van der Waals surface area contributed by atoms with E-state index < -0.39 is 28.5 Å². The molecule has 0 saturated carbocycles. The van der Waals surface area contributed by atoms with Gasteiger partial charge >= 0.3 is 0 Å². The molecule has 0 aliphatic heterocycles. The Morgan fingerprint density at radius 3 is 2.05 bits per heavy atom. The highest BCUT2D eigenvalue weighted by molar-refractivity contribution is 7.92. The van der Waals surface area contributed by atoms with E-state index in [2.05, 4.69) is 5.32 Å². The number of sulfonamides is 1. The van der Waals surface area contributed by atoms with Crippen LogP contribution in [0.2, 0.25) is 5.02 Å². The summed E-state index contributed by atoms with van der Waals surface area (Å²) in [4.78, 5) is 29.6. The molecule has 4 aromatic rings. The Morgan fingerprint density at radius 1 is 0.841 bits per heavy atom. The van der Waals surface area contributed by atoms with Crippen LogP contribution in [0.15, 0.2) is 114 Å². The van der Waals surface area contributed by atoms with Gasteiger partial charge in [-0.2, -0.15) is 0 Å². The van der Waals surface area contributed by atoms with Crippen LogP contribution in [0.1, 0.15) is 25.0 Å². The SMILES string of the molecule is COc1ccc(N(CC(=O)N(Cc2cccc(Cl)c2)[C@@H](Cc2ccccc2)C(=O)NC(C)C)S(=O)(=O)c2ccccc2)cc1. The molecule has 8 nitrogen and oxygen atoms in total. The van der Waals surface area contributed by atoms with Crippen LogP contribution in [0.25, 0.3) is 0 Å². The molecule has 2 amide bonds. The number of halogens is 1. The van der Waals surface area contributed by atoms with E-state index in [0.29, 0.717) is 16.3 Å². The van der Waals surface area contributed by atoms with Crippen molar-refractivity contribution in [1.82, 2.24) is 10.2 Å². The number of nitrogens with zero attached hydrogens (tertiary/aromatic N) is 2. The maximum Gasteiger partial charge on any atom is 0.264 e. The van der Waals surface area contributed by atoms with E-state index >= 15 is 0 Å². The molecule has 0 aromatic heterocycles. The van der Waals surface area contributed by atoms with Gasteiger partial charge in [0.15, 0.2) is 0 Å². The van der Waals surface area contributed by atoms with Crippen molar-refractivity contribution >= 4 is 39.1 Å². The third-order valence-corrected chi connectivity index (χ3v) is 8.94. The van der Waals surface area contributed by atoms with Crippen LogP contribution in [-0.2, 0) is 32.6 Å². The highest BCUT2D eigenvalue weighted by atomic mass is 35.5. The Morgan fingerprint density at radius 2 is 1.45 bits per heavy atom. The minimum absolute atomic E-state index is 0.0309. The molecule has 0 aliphatic carbocycles. The molecule has 0 fully saturated rings. The summed E-state index contributed by atoms with van der Waals surface area (Å²) in [6, 6.07) is 29.7. The lowest BCUT2D eigenvalue weighted by atomic mass is 10.0. The van der Waals surface area contributed by atoms with Crippen molar-refractivity contribution < 1.29 is 22.7 Å². The minimum Gasteiger partial charge on any atom is -0.497 e. The Labute approximate surface area is 264 Å². The molecule has 0 unspecified atom stereocenters. The maximum absolute atomic E-state index is 14.4. The highest BCUT2D eigenvalue weighted by Crippen LogP contribution is 2.27. The number of hydrogen-bond donors (Lipinski definition) is 1. The van der Waals surface area contributed by atoms with Crippen molar-refractivity contribution in [2.75, 3.05) is 18.0 Å². The van der Waals surface area contributed by atoms with Gasteiger partial charge in [-0.15, -0.1) is 0 Å². The van der Waals surface area contributed by atoms with Gasteiger partial charge in [0.2, 0.25) is 11.8 Å². The van der Waals surface area contributed by atoms with E-state index in [4.69, 9.17) is 16.3 Å². The number of hydrogen-bond acceptors (Lipinski definition) is 5. The lowest BCUT2D eigenvalue weighted by Crippen LogP contribution is -2.54. The highest BCUT2D eigenvalue weighted by Gasteiger charge is 2.34. The first-order chi connectivity index (χ1) is 21.1. The van der Waals surface area contributed by atoms with Gasteiger partial charge in [-0.25, -0.2) is 8.42 Å². The number of carbonyl (C=O) groups is 2. The van der Waals surface area contributed by atoms with Crippen molar-refractivity contribution in [2.24, 2.45) is 0 Å². The van der Waals surface area contributed by atoms with Crippen molar-refractivity contribution in [2.45, 2.75) is 43.8 Å². The fourth-order valence-corrected chi connectivity index (χ4v) is 6.41. The van der Waals surface area contributed by atoms with Gasteiger partial charge in [0, 0.05) is 24.0 Å². The van der Waals surface area contributed by atoms with Gasteiger partial charge in [-0.3, -0.25) is 13.9 Å². The van der Waals surface area contributed by atoms with E-state index in [1.165, 1.54) is 24.1 Å². The number of ether oxygens (including phenoxy) is 1. The lowest BCUT2D eigenvalue weighted by molar-refractivity contribution is -0.140. The number of rotatable bonds is 13. The van der Waals surface area contributed by atoms with Crippen LogP contribution < -0.4 is 14.4 Å². The van der Waals surface area contributed by atoms with Crippen LogP contribution in [0.3, 0.4) is 0 Å². The first-order valence-electron chi connectivity index (χ1n) is 14.2. The summed E-state index contributed by atoms with van der Waals surface area (Å²) < 4.78 is 34.4. The molecular formula is C34H36ClN3O5S. The van der Waals surface area contributed by atoms with Crippen molar-refractivity contribution in [3.8, 4) is 5.75 Å². The zero-order valence-electron chi connectivity index (χ0n) is 24.9. The summed E-state index contributed by atoms with van der Waals surface area (Å²) in [5.74, 6) is -0.366. The van der Waals surface area contributed by atoms with Crippen LogP contribution in [0.4, 0.5) is 5.69 Å². The maximum atomic E-state index is 14.4. The van der Waals surface area contributed by atoms with Crippen LogP contribution in [0.5, 0.6) is 5.75 Å². The summed E-state index contributed by atoms with van der Waals surface area (Å²) in [7, 11) is -2.67. The third-order valence-electron chi connectivity index (χ3n) is 6.91. The van der Waals surface area contributed by atoms with Crippen LogP contribution in [0, 0.1) is 0 Å². The molecule has 230 valence electrons.